The molecular weight excluding hydrogens is 304 g/mol. The molecule has 0 spiro atoms. The van der Waals surface area contributed by atoms with Gasteiger partial charge in [0.05, 0.1) is 17.5 Å². The lowest BCUT2D eigenvalue weighted by atomic mass is 10.0. The van der Waals surface area contributed by atoms with E-state index in [9.17, 15) is 15.0 Å². The van der Waals surface area contributed by atoms with E-state index < -0.39 is 12.2 Å². The lowest BCUT2D eigenvalue weighted by molar-refractivity contribution is -0.117. The van der Waals surface area contributed by atoms with Gasteiger partial charge in [0.1, 0.15) is 5.78 Å². The van der Waals surface area contributed by atoms with Crippen LogP contribution in [0.5, 0.6) is 0 Å². The van der Waals surface area contributed by atoms with Crippen LogP contribution in [-0.4, -0.2) is 45.0 Å². The molecule has 0 aromatic rings. The van der Waals surface area contributed by atoms with Crippen molar-refractivity contribution in [3.05, 3.63) is 12.2 Å². The average Bonchev–Trinajstić information content (AvgIpc) is 2.71. The Kier molecular flexibility index (Phi) is 9.73. The molecule has 2 N–H and O–H groups in total. The fourth-order valence-corrected chi connectivity index (χ4v) is 4.25. The second-order valence-corrected chi connectivity index (χ2v) is 7.33. The van der Waals surface area contributed by atoms with Crippen LogP contribution in [-0.2, 0) is 4.79 Å². The van der Waals surface area contributed by atoms with Gasteiger partial charge in [0, 0.05) is 12.3 Å². The van der Waals surface area contributed by atoms with E-state index in [1.165, 1.54) is 0 Å². The van der Waals surface area contributed by atoms with Gasteiger partial charge in [-0.2, -0.15) is 12.6 Å². The summed E-state index contributed by atoms with van der Waals surface area (Å²) in [5.74, 6) is 1.66. The predicted molar refractivity (Wildman–Crippen MR) is 93.1 cm³/mol. The van der Waals surface area contributed by atoms with Gasteiger partial charge in [-0.1, -0.05) is 38.3 Å². The minimum absolute atomic E-state index is 0.127. The highest BCUT2D eigenvalue weighted by Gasteiger charge is 2.40. The van der Waals surface area contributed by atoms with Crippen molar-refractivity contribution < 1.29 is 15.0 Å². The van der Waals surface area contributed by atoms with Crippen molar-refractivity contribution in [2.24, 2.45) is 5.92 Å². The van der Waals surface area contributed by atoms with Gasteiger partial charge >= 0.3 is 0 Å². The molecule has 1 aliphatic carbocycles. The van der Waals surface area contributed by atoms with Gasteiger partial charge in [-0.15, -0.1) is 11.8 Å². The Morgan fingerprint density at radius 2 is 2.19 bits per heavy atom. The molecule has 0 saturated heterocycles. The van der Waals surface area contributed by atoms with Gasteiger partial charge in [0.2, 0.25) is 0 Å². The monoisotopic (exact) mass is 332 g/mol. The smallest absolute Gasteiger partial charge is 0.149 e. The quantitative estimate of drug-likeness (QED) is 0.327. The summed E-state index contributed by atoms with van der Waals surface area (Å²) in [6.07, 6.45) is 7.75. The summed E-state index contributed by atoms with van der Waals surface area (Å²) in [7, 11) is 0. The number of aliphatic hydroxyl groups excluding tert-OH is 2. The van der Waals surface area contributed by atoms with Crippen LogP contribution in [0.25, 0.3) is 0 Å². The third-order valence-corrected chi connectivity index (χ3v) is 5.56. The summed E-state index contributed by atoms with van der Waals surface area (Å²) in [5, 5.41) is 19.8. The summed E-state index contributed by atoms with van der Waals surface area (Å²) in [5.41, 5.74) is 0. The number of unbranched alkanes of at least 4 members (excludes halogenated alkanes) is 2. The standard InChI is InChI=1S/C16H28O3S2/c1-2-3-4-6-12(17)7-8-13-14(18)11-15(19)16(13)21-10-5-9-20/h7-8,12-14,16-18,20H,2-6,9-11H2,1H3/b8-7+/t12-,13?,14?,16+/m0/s1. The predicted octanol–water partition coefficient (Wildman–Crippen LogP) is 2.86. The van der Waals surface area contributed by atoms with E-state index in [1.54, 1.807) is 17.8 Å². The molecule has 0 aliphatic heterocycles. The molecule has 1 rings (SSSR count). The van der Waals surface area contributed by atoms with Crippen LogP contribution in [0.1, 0.15) is 45.4 Å². The average molecular weight is 333 g/mol. The lowest BCUT2D eigenvalue weighted by Crippen LogP contribution is -2.22. The first-order chi connectivity index (χ1) is 10.1. The Balaban J connectivity index is 2.49. The van der Waals surface area contributed by atoms with Gasteiger partial charge < -0.3 is 10.2 Å². The largest absolute Gasteiger partial charge is 0.392 e. The summed E-state index contributed by atoms with van der Waals surface area (Å²) < 4.78 is 0. The van der Waals surface area contributed by atoms with E-state index in [-0.39, 0.29) is 23.4 Å². The number of carbonyl (C=O) groups excluding carboxylic acids is 1. The summed E-state index contributed by atoms with van der Waals surface area (Å²) >= 11 is 5.78. The molecule has 4 atom stereocenters. The summed E-state index contributed by atoms with van der Waals surface area (Å²) in [4.78, 5) is 11.9. The number of Topliss-reactive ketones (excluding diaryl/α,β-unsaturated/α-hetero) is 1. The lowest BCUT2D eigenvalue weighted by Gasteiger charge is -2.17. The van der Waals surface area contributed by atoms with Crippen LogP contribution in [0, 0.1) is 5.92 Å². The maximum atomic E-state index is 11.9. The Morgan fingerprint density at radius 3 is 2.86 bits per heavy atom. The Morgan fingerprint density at radius 1 is 1.43 bits per heavy atom. The van der Waals surface area contributed by atoms with Crippen molar-refractivity contribution in [3.63, 3.8) is 0 Å². The van der Waals surface area contributed by atoms with E-state index >= 15 is 0 Å². The van der Waals surface area contributed by atoms with Crippen LogP contribution in [0.3, 0.4) is 0 Å². The molecule has 122 valence electrons. The van der Waals surface area contributed by atoms with Gasteiger partial charge in [-0.25, -0.2) is 0 Å². The zero-order valence-electron chi connectivity index (χ0n) is 12.8. The molecule has 0 amide bonds. The SMILES string of the molecule is CCCCC[C@H](O)/C=C/C1C(O)CC(=O)[C@@H]1SCCCS. The van der Waals surface area contributed by atoms with Crippen molar-refractivity contribution in [2.75, 3.05) is 11.5 Å². The first-order valence-electron chi connectivity index (χ1n) is 7.89. The molecule has 0 heterocycles. The summed E-state index contributed by atoms with van der Waals surface area (Å²) in [6.45, 7) is 2.13. The van der Waals surface area contributed by atoms with Gasteiger partial charge in [-0.3, -0.25) is 4.79 Å². The maximum absolute atomic E-state index is 11.9. The second kappa shape index (κ2) is 10.7. The van der Waals surface area contributed by atoms with Gasteiger partial charge in [-0.05, 0) is 24.3 Å². The number of hydrogen-bond donors (Lipinski definition) is 3. The van der Waals surface area contributed by atoms with Crippen LogP contribution < -0.4 is 0 Å². The molecule has 5 heteroatoms. The number of hydrogen-bond acceptors (Lipinski definition) is 5. The third kappa shape index (κ3) is 6.76. The van der Waals surface area contributed by atoms with Crippen molar-refractivity contribution in [1.82, 2.24) is 0 Å². The highest BCUT2D eigenvalue weighted by atomic mass is 32.2. The number of thioether (sulfide) groups is 1. The minimum Gasteiger partial charge on any atom is -0.392 e. The fraction of sp³-hybridized carbons (Fsp3) is 0.812. The minimum atomic E-state index is -0.606. The van der Waals surface area contributed by atoms with Gasteiger partial charge in [0.15, 0.2) is 0 Å². The highest BCUT2D eigenvalue weighted by molar-refractivity contribution is 8.00. The molecule has 2 unspecified atom stereocenters. The van der Waals surface area contributed by atoms with Crippen molar-refractivity contribution in [2.45, 2.75) is 62.9 Å². The molecular formula is C16H28O3S2. The highest BCUT2D eigenvalue weighted by Crippen LogP contribution is 2.34. The van der Waals surface area contributed by atoms with Crippen molar-refractivity contribution in [3.8, 4) is 0 Å². The van der Waals surface area contributed by atoms with Crippen LogP contribution in [0.2, 0.25) is 0 Å². The van der Waals surface area contributed by atoms with Crippen LogP contribution in [0.4, 0.5) is 0 Å². The van der Waals surface area contributed by atoms with Crippen molar-refractivity contribution >= 4 is 30.2 Å². The molecule has 0 radical (unpaired) electrons. The number of rotatable bonds is 10. The normalized spacial score (nSPS) is 27.6. The zero-order valence-corrected chi connectivity index (χ0v) is 14.5. The van der Waals surface area contributed by atoms with E-state index in [0.717, 1.165) is 43.6 Å². The molecule has 3 nitrogen and oxygen atoms in total. The molecule has 0 bridgehead atoms. The molecule has 0 aromatic carbocycles. The number of thiol groups is 1. The molecule has 1 fully saturated rings. The second-order valence-electron chi connectivity index (χ2n) is 5.63. The number of carbonyl (C=O) groups is 1. The summed E-state index contributed by atoms with van der Waals surface area (Å²) in [6, 6.07) is 0. The van der Waals surface area contributed by atoms with Crippen LogP contribution >= 0.6 is 24.4 Å². The number of aliphatic hydroxyl groups is 2. The third-order valence-electron chi connectivity index (χ3n) is 3.78. The van der Waals surface area contributed by atoms with Crippen molar-refractivity contribution in [1.29, 1.82) is 0 Å². The first-order valence-corrected chi connectivity index (χ1v) is 9.57. The molecule has 1 saturated carbocycles. The van der Waals surface area contributed by atoms with E-state index in [4.69, 9.17) is 0 Å². The van der Waals surface area contributed by atoms with E-state index in [1.807, 2.05) is 6.08 Å². The Labute approximate surface area is 138 Å². The zero-order chi connectivity index (χ0) is 15.7. The van der Waals surface area contributed by atoms with E-state index in [0.29, 0.717) is 0 Å². The Hall–Kier alpha value is 0.0300. The molecule has 21 heavy (non-hydrogen) atoms. The van der Waals surface area contributed by atoms with E-state index in [2.05, 4.69) is 19.6 Å². The molecule has 0 aromatic heterocycles. The fourth-order valence-electron chi connectivity index (χ4n) is 2.54. The number of ketones is 1. The maximum Gasteiger partial charge on any atom is 0.149 e. The first kappa shape index (κ1) is 19.1. The van der Waals surface area contributed by atoms with Gasteiger partial charge in [0.25, 0.3) is 0 Å². The van der Waals surface area contributed by atoms with Crippen LogP contribution in [0.15, 0.2) is 12.2 Å². The topological polar surface area (TPSA) is 57.5 Å². The molecule has 1 aliphatic rings. The Bertz CT molecular complexity index is 333.